The van der Waals surface area contributed by atoms with Crippen LogP contribution in [-0.4, -0.2) is 46.8 Å². The lowest BCUT2D eigenvalue weighted by molar-refractivity contribution is -0.859. The highest BCUT2D eigenvalue weighted by molar-refractivity contribution is 8.00. The molecule has 0 aliphatic heterocycles. The minimum absolute atomic E-state index is 0.0768. The van der Waals surface area contributed by atoms with E-state index in [-0.39, 0.29) is 23.0 Å². The molecule has 0 spiro atoms. The summed E-state index contributed by atoms with van der Waals surface area (Å²) < 4.78 is 1.77. The first kappa shape index (κ1) is 21.0. The lowest BCUT2D eigenvalue weighted by Gasteiger charge is -2.15. The lowest BCUT2D eigenvalue weighted by atomic mass is 10.2. The molecule has 1 amide bonds. The monoisotopic (exact) mass is 418 g/mol. The van der Waals surface area contributed by atoms with Crippen molar-refractivity contribution in [1.29, 1.82) is 0 Å². The maximum absolute atomic E-state index is 12.5. The molecule has 1 heterocycles. The second-order valence-electron chi connectivity index (χ2n) is 7.23. The minimum Gasteiger partial charge on any atom is -0.338 e. The highest BCUT2D eigenvalue weighted by Crippen LogP contribution is 2.29. The maximum atomic E-state index is 12.5. The lowest BCUT2D eigenvalue weighted by Crippen LogP contribution is -3.06. The Labute approximate surface area is 172 Å². The van der Waals surface area contributed by atoms with Gasteiger partial charge in [0, 0.05) is 29.1 Å². The zero-order chi connectivity index (χ0) is 21.0. The van der Waals surface area contributed by atoms with Crippen molar-refractivity contribution >= 4 is 29.0 Å². The average Bonchev–Trinajstić information content (AvgIpc) is 3.15. The fraction of sp³-hybridized carbons (Fsp3) is 0.421. The van der Waals surface area contributed by atoms with E-state index >= 15 is 0 Å². The van der Waals surface area contributed by atoms with Crippen molar-refractivity contribution in [3.05, 3.63) is 56.1 Å². The molecule has 9 nitrogen and oxygen atoms in total. The van der Waals surface area contributed by atoms with Gasteiger partial charge in [-0.15, -0.1) is 0 Å². The van der Waals surface area contributed by atoms with Gasteiger partial charge in [0.2, 0.25) is 5.91 Å². The summed E-state index contributed by atoms with van der Waals surface area (Å²) in [4.78, 5) is 40.6. The molecule has 0 atom stereocenters. The number of thioether (sulfide) groups is 1. The van der Waals surface area contributed by atoms with Crippen molar-refractivity contribution in [2.45, 2.75) is 30.8 Å². The molecule has 10 heteroatoms. The van der Waals surface area contributed by atoms with Gasteiger partial charge in [-0.25, -0.2) is 4.79 Å². The number of quaternary nitrogens is 1. The quantitative estimate of drug-likeness (QED) is 0.280. The standard InChI is InChI=1S/C19H23N5O4S/c1-22(2)9-10-23-16-8-4-7-15(16)18(21-19(23)26)29-12-17(25)20-13-5-3-6-14(11-13)24(27)28/h3,5-6,11H,4,7-10,12H2,1-2H3,(H,20,25)/p+1. The predicted octanol–water partition coefficient (Wildman–Crippen LogP) is 0.516. The number of aromatic nitrogens is 2. The Morgan fingerprint density at radius 3 is 2.90 bits per heavy atom. The summed E-state index contributed by atoms with van der Waals surface area (Å²) in [5.41, 5.74) is 2.11. The zero-order valence-electron chi connectivity index (χ0n) is 16.4. The maximum Gasteiger partial charge on any atom is 0.349 e. The summed E-state index contributed by atoms with van der Waals surface area (Å²) >= 11 is 1.24. The van der Waals surface area contributed by atoms with Gasteiger partial charge < -0.3 is 10.2 Å². The van der Waals surface area contributed by atoms with Gasteiger partial charge in [0.1, 0.15) is 5.03 Å². The second kappa shape index (κ2) is 9.19. The summed E-state index contributed by atoms with van der Waals surface area (Å²) in [5, 5.41) is 14.1. The molecule has 154 valence electrons. The van der Waals surface area contributed by atoms with Crippen LogP contribution in [0.4, 0.5) is 11.4 Å². The largest absolute Gasteiger partial charge is 0.349 e. The van der Waals surface area contributed by atoms with E-state index < -0.39 is 4.92 Å². The first-order valence-electron chi connectivity index (χ1n) is 9.44. The van der Waals surface area contributed by atoms with Crippen molar-refractivity contribution < 1.29 is 14.6 Å². The van der Waals surface area contributed by atoms with Crippen molar-refractivity contribution in [2.75, 3.05) is 31.7 Å². The van der Waals surface area contributed by atoms with Crippen LogP contribution >= 0.6 is 11.8 Å². The molecule has 0 fully saturated rings. The fourth-order valence-corrected chi connectivity index (χ4v) is 4.18. The number of carbonyl (C=O) groups excluding carboxylic acids is 1. The van der Waals surface area contributed by atoms with Gasteiger partial charge in [0.15, 0.2) is 0 Å². The van der Waals surface area contributed by atoms with Crippen molar-refractivity contribution in [1.82, 2.24) is 9.55 Å². The molecule has 2 aromatic rings. The van der Waals surface area contributed by atoms with Gasteiger partial charge in [-0.1, -0.05) is 17.8 Å². The number of nitrogens with one attached hydrogen (secondary N) is 2. The number of rotatable bonds is 8. The highest BCUT2D eigenvalue weighted by Gasteiger charge is 2.22. The highest BCUT2D eigenvalue weighted by atomic mass is 32.2. The molecular weight excluding hydrogens is 394 g/mol. The van der Waals surface area contributed by atoms with Crippen molar-refractivity contribution in [3.63, 3.8) is 0 Å². The van der Waals surface area contributed by atoms with Crippen LogP contribution in [0.5, 0.6) is 0 Å². The third kappa shape index (κ3) is 5.21. The first-order chi connectivity index (χ1) is 13.8. The number of anilines is 1. The van der Waals surface area contributed by atoms with Crippen molar-refractivity contribution in [3.8, 4) is 0 Å². The van der Waals surface area contributed by atoms with Gasteiger partial charge in [0.25, 0.3) is 5.69 Å². The molecule has 1 aliphatic carbocycles. The number of carbonyl (C=O) groups is 1. The summed E-state index contributed by atoms with van der Waals surface area (Å²) in [7, 11) is 4.09. The number of hydrogen-bond donors (Lipinski definition) is 2. The van der Waals surface area contributed by atoms with Gasteiger partial charge in [0.05, 0.1) is 37.9 Å². The number of nitro benzene ring substituents is 1. The van der Waals surface area contributed by atoms with Crippen LogP contribution in [0.2, 0.25) is 0 Å². The van der Waals surface area contributed by atoms with E-state index in [1.807, 2.05) is 14.1 Å². The molecule has 3 rings (SSSR count). The van der Waals surface area contributed by atoms with E-state index in [0.717, 1.165) is 37.1 Å². The van der Waals surface area contributed by atoms with Gasteiger partial charge in [-0.05, 0) is 25.3 Å². The molecule has 0 saturated heterocycles. The van der Waals surface area contributed by atoms with Crippen LogP contribution in [0.1, 0.15) is 17.7 Å². The predicted molar refractivity (Wildman–Crippen MR) is 111 cm³/mol. The minimum atomic E-state index is -0.510. The van der Waals surface area contributed by atoms with Crippen LogP contribution in [0, 0.1) is 10.1 Å². The number of nitro groups is 1. The molecular formula is C19H24N5O4S+. The van der Waals surface area contributed by atoms with Gasteiger partial charge in [-0.3, -0.25) is 19.5 Å². The number of benzene rings is 1. The smallest absolute Gasteiger partial charge is 0.338 e. The molecule has 2 N–H and O–H groups in total. The third-order valence-corrected chi connectivity index (χ3v) is 5.73. The average molecular weight is 418 g/mol. The van der Waals surface area contributed by atoms with Crippen LogP contribution in [0.3, 0.4) is 0 Å². The molecule has 29 heavy (non-hydrogen) atoms. The number of likely N-dealkylation sites (N-methyl/N-ethyl adjacent to an activating group) is 1. The fourth-order valence-electron chi connectivity index (χ4n) is 3.30. The molecule has 0 saturated carbocycles. The van der Waals surface area contributed by atoms with E-state index in [4.69, 9.17) is 0 Å². The molecule has 1 aliphatic rings. The Balaban J connectivity index is 1.69. The van der Waals surface area contributed by atoms with Crippen LogP contribution in [-0.2, 0) is 24.2 Å². The second-order valence-corrected chi connectivity index (χ2v) is 8.20. The van der Waals surface area contributed by atoms with Crippen LogP contribution < -0.4 is 15.9 Å². The summed E-state index contributed by atoms with van der Waals surface area (Å²) in [6.07, 6.45) is 2.68. The Bertz CT molecular complexity index is 989. The number of non-ortho nitro benzene ring substituents is 1. The van der Waals surface area contributed by atoms with Crippen LogP contribution in [0.15, 0.2) is 34.1 Å². The Kier molecular flexibility index (Phi) is 6.65. The van der Waals surface area contributed by atoms with E-state index in [1.54, 1.807) is 10.6 Å². The van der Waals surface area contributed by atoms with E-state index in [2.05, 4.69) is 10.3 Å². The summed E-state index contributed by atoms with van der Waals surface area (Å²) in [6.45, 7) is 1.47. The Morgan fingerprint density at radius 2 is 2.17 bits per heavy atom. The molecule has 1 aromatic heterocycles. The Hall–Kier alpha value is -2.72. The van der Waals surface area contributed by atoms with Gasteiger partial charge >= 0.3 is 5.69 Å². The normalized spacial score (nSPS) is 12.8. The third-order valence-electron chi connectivity index (χ3n) is 4.72. The number of amides is 1. The Morgan fingerprint density at radius 1 is 1.38 bits per heavy atom. The van der Waals surface area contributed by atoms with E-state index in [9.17, 15) is 19.7 Å². The molecule has 0 bridgehead atoms. The summed E-state index contributed by atoms with van der Waals surface area (Å²) in [5.74, 6) is -0.225. The zero-order valence-corrected chi connectivity index (χ0v) is 17.3. The number of nitrogens with zero attached hydrogens (tertiary/aromatic N) is 3. The van der Waals surface area contributed by atoms with Crippen molar-refractivity contribution in [2.24, 2.45) is 0 Å². The number of hydrogen-bond acceptors (Lipinski definition) is 6. The van der Waals surface area contributed by atoms with E-state index in [1.165, 1.54) is 34.9 Å². The summed E-state index contributed by atoms with van der Waals surface area (Å²) in [6, 6.07) is 5.79. The molecule has 1 aromatic carbocycles. The van der Waals surface area contributed by atoms with Crippen LogP contribution in [0.25, 0.3) is 0 Å². The molecule has 0 radical (unpaired) electrons. The molecule has 0 unspecified atom stereocenters. The topological polar surface area (TPSA) is 112 Å². The first-order valence-corrected chi connectivity index (χ1v) is 10.4. The van der Waals surface area contributed by atoms with Gasteiger partial charge in [-0.2, -0.15) is 4.98 Å². The van der Waals surface area contributed by atoms with E-state index in [0.29, 0.717) is 17.3 Å². The SMILES string of the molecule is C[NH+](C)CCn1c2c(c(SCC(=O)Nc3cccc([N+](=O)[O-])c3)nc1=O)CCC2. The number of fused-ring (bicyclic) bond motifs is 1.